The van der Waals surface area contributed by atoms with Crippen LogP contribution < -0.4 is 0 Å². The van der Waals surface area contributed by atoms with Gasteiger partial charge in [-0.25, -0.2) is 4.58 Å². The Bertz CT molecular complexity index is 75.8. The summed E-state index contributed by atoms with van der Waals surface area (Å²) in [6.07, 6.45) is 0. The van der Waals surface area contributed by atoms with Gasteiger partial charge in [0.1, 0.15) is 0 Å². The molecular weight excluding hydrogens is 124 g/mol. The second kappa shape index (κ2) is 2.83. The fourth-order valence-electron chi connectivity index (χ4n) is 0.164. The topological polar surface area (TPSA) is 35.5 Å². The Morgan fingerprint density at radius 3 is 2.00 bits per heavy atom. The Labute approximate surface area is 49.7 Å². The Morgan fingerprint density at radius 1 is 1.38 bits per heavy atom. The highest BCUT2D eigenvalue weighted by molar-refractivity contribution is 6.69. The lowest BCUT2D eigenvalue weighted by atomic mass is 11.7. The monoisotopic (exact) mass is 134 g/mol. The molecule has 8 heavy (non-hydrogen) atoms. The first-order valence-electron chi connectivity index (χ1n) is 2.34. The Kier molecular flexibility index (Phi) is 2.71. The Hall–Kier alpha value is -0.353. The maximum absolute atomic E-state index is 9.53. The van der Waals surface area contributed by atoms with Crippen LogP contribution in [0.3, 0.4) is 0 Å². The average Bonchev–Trinajstić information content (AvgIpc) is 1.59. The lowest BCUT2D eigenvalue weighted by Crippen LogP contribution is -2.24. The van der Waals surface area contributed by atoms with E-state index in [4.69, 9.17) is 0 Å². The van der Waals surface area contributed by atoms with Gasteiger partial charge in [-0.1, -0.05) is 0 Å². The van der Waals surface area contributed by atoms with Crippen molar-refractivity contribution in [3.8, 4) is 0 Å². The zero-order valence-corrected chi connectivity index (χ0v) is 6.30. The molecular formula is C4H10O3Si. The minimum Gasteiger partial charge on any atom is -0.314 e. The predicted molar refractivity (Wildman–Crippen MR) is 31.6 cm³/mol. The molecule has 0 heterocycles. The molecule has 0 saturated heterocycles. The number of rotatable bonds is 3. The standard InChI is InChI=1S/C4H10O3Si/c1-8(2,3)7-6-4-5/h4H,1-3H3. The van der Waals surface area contributed by atoms with Crippen molar-refractivity contribution in [2.45, 2.75) is 19.6 Å². The van der Waals surface area contributed by atoms with Crippen molar-refractivity contribution < 1.29 is 14.3 Å². The van der Waals surface area contributed by atoms with Gasteiger partial charge >= 0.3 is 6.47 Å². The number of hydrogen-bond donors (Lipinski definition) is 0. The maximum Gasteiger partial charge on any atom is 0.329 e. The molecule has 0 aromatic carbocycles. The average molecular weight is 134 g/mol. The van der Waals surface area contributed by atoms with E-state index in [0.29, 0.717) is 0 Å². The zero-order chi connectivity index (χ0) is 6.62. The van der Waals surface area contributed by atoms with Crippen molar-refractivity contribution in [2.24, 2.45) is 0 Å². The lowest BCUT2D eigenvalue weighted by molar-refractivity contribution is -0.202. The van der Waals surface area contributed by atoms with Gasteiger partial charge in [-0.05, 0) is 19.6 Å². The van der Waals surface area contributed by atoms with E-state index >= 15 is 0 Å². The second-order valence-electron chi connectivity index (χ2n) is 2.39. The van der Waals surface area contributed by atoms with Crippen molar-refractivity contribution in [2.75, 3.05) is 0 Å². The summed E-state index contributed by atoms with van der Waals surface area (Å²) in [5.41, 5.74) is 0. The summed E-state index contributed by atoms with van der Waals surface area (Å²) in [6, 6.07) is 0. The molecule has 0 amide bonds. The maximum atomic E-state index is 9.53. The zero-order valence-electron chi connectivity index (χ0n) is 5.30. The third-order valence-electron chi connectivity index (χ3n) is 0.337. The van der Waals surface area contributed by atoms with Crippen molar-refractivity contribution >= 4 is 14.8 Å². The normalized spacial score (nSPS) is 10.9. The van der Waals surface area contributed by atoms with Crippen LogP contribution in [-0.2, 0) is 14.3 Å². The van der Waals surface area contributed by atoms with Crippen molar-refractivity contribution in [3.63, 3.8) is 0 Å². The molecule has 0 aliphatic rings. The van der Waals surface area contributed by atoms with Crippen molar-refractivity contribution in [3.05, 3.63) is 0 Å². The minimum absolute atomic E-state index is 0.290. The first kappa shape index (κ1) is 7.65. The van der Waals surface area contributed by atoms with E-state index in [9.17, 15) is 4.79 Å². The van der Waals surface area contributed by atoms with Crippen LogP contribution in [0.2, 0.25) is 19.6 Å². The highest BCUT2D eigenvalue weighted by atomic mass is 28.4. The summed E-state index contributed by atoms with van der Waals surface area (Å²) in [4.78, 5) is 13.6. The fourth-order valence-corrected chi connectivity index (χ4v) is 0.492. The third-order valence-corrected chi connectivity index (χ3v) is 0.934. The SMILES string of the molecule is C[Si](C)(C)OOC=O. The van der Waals surface area contributed by atoms with Crippen LogP contribution >= 0.6 is 0 Å². The van der Waals surface area contributed by atoms with Gasteiger partial charge in [-0.2, -0.15) is 0 Å². The summed E-state index contributed by atoms with van der Waals surface area (Å²) >= 11 is 0. The number of hydrogen-bond acceptors (Lipinski definition) is 3. The first-order chi connectivity index (χ1) is 3.56. The molecule has 0 aliphatic carbocycles. The van der Waals surface area contributed by atoms with E-state index in [1.807, 2.05) is 19.6 Å². The summed E-state index contributed by atoms with van der Waals surface area (Å²) in [6.45, 7) is 6.07. The molecule has 0 bridgehead atoms. The predicted octanol–water partition coefficient (Wildman–Crippen LogP) is 0.926. The van der Waals surface area contributed by atoms with Gasteiger partial charge in [0.2, 0.25) is 8.32 Å². The molecule has 0 aliphatic heterocycles. The highest BCUT2D eigenvalue weighted by Gasteiger charge is 2.16. The van der Waals surface area contributed by atoms with E-state index < -0.39 is 8.32 Å². The van der Waals surface area contributed by atoms with E-state index in [1.54, 1.807) is 0 Å². The molecule has 0 aromatic heterocycles. The second-order valence-corrected chi connectivity index (χ2v) is 6.78. The molecule has 48 valence electrons. The molecule has 0 atom stereocenters. The number of carbonyl (C=O) groups excluding carboxylic acids is 1. The fraction of sp³-hybridized carbons (Fsp3) is 0.750. The van der Waals surface area contributed by atoms with Crippen molar-refractivity contribution in [1.82, 2.24) is 0 Å². The summed E-state index contributed by atoms with van der Waals surface area (Å²) in [7, 11) is -1.63. The molecule has 0 fully saturated rings. The molecule has 0 N–H and O–H groups in total. The van der Waals surface area contributed by atoms with Crippen LogP contribution in [0, 0.1) is 0 Å². The van der Waals surface area contributed by atoms with Gasteiger partial charge in [-0.15, -0.1) is 0 Å². The minimum atomic E-state index is -1.63. The molecule has 0 aromatic rings. The molecule has 0 unspecified atom stereocenters. The van der Waals surface area contributed by atoms with E-state index in [1.165, 1.54) is 0 Å². The first-order valence-corrected chi connectivity index (χ1v) is 5.75. The van der Waals surface area contributed by atoms with Crippen LogP contribution in [0.25, 0.3) is 0 Å². The van der Waals surface area contributed by atoms with E-state index in [-0.39, 0.29) is 6.47 Å². The number of carbonyl (C=O) groups is 1. The Morgan fingerprint density at radius 2 is 1.88 bits per heavy atom. The van der Waals surface area contributed by atoms with Gasteiger partial charge in [-0.3, -0.25) is 4.79 Å². The van der Waals surface area contributed by atoms with Gasteiger partial charge in [0.25, 0.3) is 0 Å². The Balaban J connectivity index is 3.24. The third kappa shape index (κ3) is 5.65. The molecule has 4 heteroatoms. The van der Waals surface area contributed by atoms with Crippen LogP contribution in [0.1, 0.15) is 0 Å². The smallest absolute Gasteiger partial charge is 0.314 e. The van der Waals surface area contributed by atoms with Gasteiger partial charge in [0, 0.05) is 0 Å². The van der Waals surface area contributed by atoms with Crippen LogP contribution in [0.15, 0.2) is 0 Å². The van der Waals surface area contributed by atoms with E-state index in [0.717, 1.165) is 0 Å². The summed E-state index contributed by atoms with van der Waals surface area (Å²) in [5, 5.41) is 0. The molecule has 0 spiro atoms. The molecule has 0 radical (unpaired) electrons. The lowest BCUT2D eigenvalue weighted by Gasteiger charge is -2.10. The largest absolute Gasteiger partial charge is 0.329 e. The molecule has 0 saturated carbocycles. The summed E-state index contributed by atoms with van der Waals surface area (Å²) in [5.74, 6) is 0. The van der Waals surface area contributed by atoms with Gasteiger partial charge in [0.05, 0.1) is 0 Å². The molecule has 0 rings (SSSR count). The van der Waals surface area contributed by atoms with Gasteiger partial charge in [0.15, 0.2) is 0 Å². The highest BCUT2D eigenvalue weighted by Crippen LogP contribution is 2.00. The van der Waals surface area contributed by atoms with Crippen LogP contribution in [0.4, 0.5) is 0 Å². The van der Waals surface area contributed by atoms with Gasteiger partial charge < -0.3 is 4.89 Å². The molecule has 3 nitrogen and oxygen atoms in total. The van der Waals surface area contributed by atoms with E-state index in [2.05, 4.69) is 9.46 Å². The van der Waals surface area contributed by atoms with Crippen LogP contribution in [-0.4, -0.2) is 14.8 Å². The quantitative estimate of drug-likeness (QED) is 0.249. The summed E-state index contributed by atoms with van der Waals surface area (Å²) < 4.78 is 4.65. The van der Waals surface area contributed by atoms with Crippen LogP contribution in [0.5, 0.6) is 0 Å². The van der Waals surface area contributed by atoms with Crippen molar-refractivity contribution in [1.29, 1.82) is 0 Å².